The lowest BCUT2D eigenvalue weighted by molar-refractivity contribution is 0.0594. The summed E-state index contributed by atoms with van der Waals surface area (Å²) in [7, 11) is 1.31. The minimum absolute atomic E-state index is 0.0904. The van der Waals surface area contributed by atoms with E-state index in [1.165, 1.54) is 13.3 Å². The van der Waals surface area contributed by atoms with Crippen molar-refractivity contribution in [2.45, 2.75) is 12.5 Å². The fourth-order valence-electron chi connectivity index (χ4n) is 2.05. The lowest BCUT2D eigenvalue weighted by Gasteiger charge is -2.30. The van der Waals surface area contributed by atoms with E-state index in [2.05, 4.69) is 15.0 Å². The molecule has 110 valence electrons. The Balaban J connectivity index is 2.29. The SMILES string of the molecule is COC(=O)c1cc(NC(C)(CO)c2ccccc2)ccn1. The molecule has 5 heteroatoms. The molecule has 0 aliphatic heterocycles. The molecular formula is C16H18N2O3. The molecule has 0 saturated carbocycles. The molecule has 0 spiro atoms. The van der Waals surface area contributed by atoms with Crippen molar-refractivity contribution in [3.63, 3.8) is 0 Å². The number of aliphatic hydroxyl groups is 1. The van der Waals surface area contributed by atoms with Crippen LogP contribution in [-0.2, 0) is 10.3 Å². The van der Waals surface area contributed by atoms with E-state index in [-0.39, 0.29) is 12.3 Å². The predicted octanol–water partition coefficient (Wildman–Crippen LogP) is 2.19. The van der Waals surface area contributed by atoms with E-state index in [1.54, 1.807) is 12.1 Å². The molecule has 0 aliphatic carbocycles. The van der Waals surface area contributed by atoms with Crippen LogP contribution in [0, 0.1) is 0 Å². The van der Waals surface area contributed by atoms with Gasteiger partial charge < -0.3 is 15.2 Å². The molecule has 21 heavy (non-hydrogen) atoms. The predicted molar refractivity (Wildman–Crippen MR) is 80.1 cm³/mol. The first-order valence-corrected chi connectivity index (χ1v) is 6.58. The number of carbonyl (C=O) groups is 1. The maximum Gasteiger partial charge on any atom is 0.356 e. The summed E-state index contributed by atoms with van der Waals surface area (Å²) in [4.78, 5) is 15.5. The standard InChI is InChI=1S/C16H18N2O3/c1-16(11-19,12-6-4-3-5-7-12)18-13-8-9-17-14(10-13)15(20)21-2/h3-10,19H,11H2,1-2H3,(H,17,18). The van der Waals surface area contributed by atoms with E-state index in [4.69, 9.17) is 0 Å². The van der Waals surface area contributed by atoms with Crippen LogP contribution >= 0.6 is 0 Å². The van der Waals surface area contributed by atoms with Crippen LogP contribution in [0.25, 0.3) is 0 Å². The number of nitrogens with zero attached hydrogens (tertiary/aromatic N) is 1. The molecule has 2 aromatic rings. The highest BCUT2D eigenvalue weighted by Gasteiger charge is 2.25. The first-order chi connectivity index (χ1) is 10.1. The molecule has 0 saturated heterocycles. The fourth-order valence-corrected chi connectivity index (χ4v) is 2.05. The van der Waals surface area contributed by atoms with E-state index < -0.39 is 11.5 Å². The molecule has 2 rings (SSSR count). The summed E-state index contributed by atoms with van der Waals surface area (Å²) in [6.07, 6.45) is 1.53. The Hall–Kier alpha value is -2.40. The Morgan fingerprint density at radius 2 is 2.05 bits per heavy atom. The summed E-state index contributed by atoms with van der Waals surface area (Å²) in [6.45, 7) is 1.80. The molecule has 0 amide bonds. The van der Waals surface area contributed by atoms with Crippen LogP contribution in [0.4, 0.5) is 5.69 Å². The average molecular weight is 286 g/mol. The van der Waals surface area contributed by atoms with Crippen molar-refractivity contribution in [3.05, 3.63) is 59.9 Å². The lowest BCUT2D eigenvalue weighted by Crippen LogP contribution is -2.35. The lowest BCUT2D eigenvalue weighted by atomic mass is 9.92. The topological polar surface area (TPSA) is 71.5 Å². The highest BCUT2D eigenvalue weighted by molar-refractivity contribution is 5.88. The zero-order chi connectivity index (χ0) is 15.3. The van der Waals surface area contributed by atoms with Crippen molar-refractivity contribution in [2.75, 3.05) is 19.0 Å². The Morgan fingerprint density at radius 1 is 1.33 bits per heavy atom. The molecule has 1 atom stereocenters. The monoisotopic (exact) mass is 286 g/mol. The van der Waals surface area contributed by atoms with Crippen molar-refractivity contribution in [3.8, 4) is 0 Å². The highest BCUT2D eigenvalue weighted by Crippen LogP contribution is 2.25. The van der Waals surface area contributed by atoms with Crippen molar-refractivity contribution < 1.29 is 14.6 Å². The van der Waals surface area contributed by atoms with E-state index in [1.807, 2.05) is 37.3 Å². The molecule has 0 fully saturated rings. The van der Waals surface area contributed by atoms with Crippen molar-refractivity contribution >= 4 is 11.7 Å². The fraction of sp³-hybridized carbons (Fsp3) is 0.250. The van der Waals surface area contributed by atoms with Gasteiger partial charge in [0.1, 0.15) is 5.69 Å². The van der Waals surface area contributed by atoms with Crippen LogP contribution in [-0.4, -0.2) is 29.8 Å². The molecule has 0 aliphatic rings. The molecule has 1 aromatic heterocycles. The van der Waals surface area contributed by atoms with Crippen molar-refractivity contribution in [1.82, 2.24) is 4.98 Å². The number of benzene rings is 1. The second-order valence-corrected chi connectivity index (χ2v) is 4.90. The summed E-state index contributed by atoms with van der Waals surface area (Å²) >= 11 is 0. The van der Waals surface area contributed by atoms with Crippen molar-refractivity contribution in [2.24, 2.45) is 0 Å². The van der Waals surface area contributed by atoms with E-state index in [9.17, 15) is 9.90 Å². The van der Waals surface area contributed by atoms with Crippen LogP contribution in [0.2, 0.25) is 0 Å². The van der Waals surface area contributed by atoms with Gasteiger partial charge in [0.2, 0.25) is 0 Å². The van der Waals surface area contributed by atoms with Crippen LogP contribution < -0.4 is 5.32 Å². The van der Waals surface area contributed by atoms with Gasteiger partial charge in [0.25, 0.3) is 0 Å². The number of hydrogen-bond donors (Lipinski definition) is 2. The Labute approximate surface area is 123 Å². The van der Waals surface area contributed by atoms with Gasteiger partial charge in [0.05, 0.1) is 19.3 Å². The molecule has 0 bridgehead atoms. The number of anilines is 1. The van der Waals surface area contributed by atoms with Crippen LogP contribution in [0.5, 0.6) is 0 Å². The van der Waals surface area contributed by atoms with Crippen LogP contribution in [0.15, 0.2) is 48.7 Å². The number of pyridine rings is 1. The number of methoxy groups -OCH3 is 1. The first kappa shape index (κ1) is 15.0. The van der Waals surface area contributed by atoms with Crippen LogP contribution in [0.3, 0.4) is 0 Å². The molecule has 2 N–H and O–H groups in total. The van der Waals surface area contributed by atoms with Gasteiger partial charge in [-0.25, -0.2) is 9.78 Å². The highest BCUT2D eigenvalue weighted by atomic mass is 16.5. The number of carbonyl (C=O) groups excluding carboxylic acids is 1. The molecular weight excluding hydrogens is 268 g/mol. The summed E-state index contributed by atoms with van der Waals surface area (Å²) in [5.41, 5.74) is 1.20. The summed E-state index contributed by atoms with van der Waals surface area (Å²) in [5, 5.41) is 13.0. The minimum atomic E-state index is -0.657. The zero-order valence-corrected chi connectivity index (χ0v) is 12.0. The Morgan fingerprint density at radius 3 is 2.67 bits per heavy atom. The van der Waals surface area contributed by atoms with E-state index in [0.29, 0.717) is 5.69 Å². The summed E-state index contributed by atoms with van der Waals surface area (Å²) in [6, 6.07) is 13.0. The summed E-state index contributed by atoms with van der Waals surface area (Å²) in [5.74, 6) is -0.496. The molecule has 0 radical (unpaired) electrons. The molecule has 5 nitrogen and oxygen atoms in total. The van der Waals surface area contributed by atoms with Gasteiger partial charge in [-0.1, -0.05) is 30.3 Å². The van der Waals surface area contributed by atoms with E-state index in [0.717, 1.165) is 5.56 Å². The normalized spacial score (nSPS) is 13.3. The Kier molecular flexibility index (Phi) is 4.55. The second-order valence-electron chi connectivity index (χ2n) is 4.90. The number of esters is 1. The maximum atomic E-state index is 11.5. The smallest absolute Gasteiger partial charge is 0.356 e. The number of rotatable bonds is 5. The number of aromatic nitrogens is 1. The van der Waals surface area contributed by atoms with E-state index >= 15 is 0 Å². The molecule has 1 unspecified atom stereocenters. The maximum absolute atomic E-state index is 11.5. The second kappa shape index (κ2) is 6.37. The first-order valence-electron chi connectivity index (χ1n) is 6.58. The number of ether oxygens (including phenoxy) is 1. The number of aliphatic hydroxyl groups excluding tert-OH is 1. The third-order valence-corrected chi connectivity index (χ3v) is 3.30. The largest absolute Gasteiger partial charge is 0.464 e. The van der Waals surface area contributed by atoms with Gasteiger partial charge in [-0.3, -0.25) is 0 Å². The third kappa shape index (κ3) is 3.38. The Bertz CT molecular complexity index is 616. The number of nitrogens with one attached hydrogen (secondary N) is 1. The quantitative estimate of drug-likeness (QED) is 0.824. The average Bonchev–Trinajstić information content (AvgIpc) is 2.55. The molecule has 1 aromatic carbocycles. The van der Waals surface area contributed by atoms with Crippen LogP contribution in [0.1, 0.15) is 23.0 Å². The zero-order valence-electron chi connectivity index (χ0n) is 12.0. The molecule has 1 heterocycles. The van der Waals surface area contributed by atoms with Gasteiger partial charge in [-0.15, -0.1) is 0 Å². The van der Waals surface area contributed by atoms with Gasteiger partial charge >= 0.3 is 5.97 Å². The summed E-state index contributed by atoms with van der Waals surface area (Å²) < 4.78 is 4.65. The van der Waals surface area contributed by atoms with Gasteiger partial charge in [-0.2, -0.15) is 0 Å². The van der Waals surface area contributed by atoms with Gasteiger partial charge in [-0.05, 0) is 24.6 Å². The minimum Gasteiger partial charge on any atom is -0.464 e. The van der Waals surface area contributed by atoms with Gasteiger partial charge in [0, 0.05) is 11.9 Å². The van der Waals surface area contributed by atoms with Crippen molar-refractivity contribution in [1.29, 1.82) is 0 Å². The number of hydrogen-bond acceptors (Lipinski definition) is 5. The van der Waals surface area contributed by atoms with Gasteiger partial charge in [0.15, 0.2) is 0 Å². The third-order valence-electron chi connectivity index (χ3n) is 3.30.